The SMILES string of the molecule is CCCOc1cccnc1N1CCCC(=O)C1. The van der Waals surface area contributed by atoms with Crippen molar-refractivity contribution < 1.29 is 9.53 Å². The smallest absolute Gasteiger partial charge is 0.171 e. The Morgan fingerprint density at radius 1 is 1.53 bits per heavy atom. The molecule has 1 aromatic heterocycles. The number of aromatic nitrogens is 1. The lowest BCUT2D eigenvalue weighted by molar-refractivity contribution is -0.118. The number of hydrogen-bond donors (Lipinski definition) is 0. The molecular formula is C13H18N2O2. The molecule has 1 aliphatic rings. The van der Waals surface area contributed by atoms with E-state index < -0.39 is 0 Å². The van der Waals surface area contributed by atoms with Crippen LogP contribution in [-0.2, 0) is 4.79 Å². The van der Waals surface area contributed by atoms with E-state index in [4.69, 9.17) is 4.74 Å². The molecule has 2 heterocycles. The summed E-state index contributed by atoms with van der Waals surface area (Å²) in [7, 11) is 0. The minimum Gasteiger partial charge on any atom is -0.490 e. The number of carbonyl (C=O) groups excluding carboxylic acids is 1. The number of nitrogens with zero attached hydrogens (tertiary/aromatic N) is 2. The summed E-state index contributed by atoms with van der Waals surface area (Å²) in [6.07, 6.45) is 4.30. The second kappa shape index (κ2) is 5.66. The van der Waals surface area contributed by atoms with Gasteiger partial charge in [-0.25, -0.2) is 4.98 Å². The van der Waals surface area contributed by atoms with Crippen molar-refractivity contribution in [1.82, 2.24) is 4.98 Å². The first-order valence-corrected chi connectivity index (χ1v) is 6.15. The molecule has 4 heteroatoms. The predicted molar refractivity (Wildman–Crippen MR) is 66.5 cm³/mol. The second-order valence-corrected chi connectivity index (χ2v) is 4.24. The standard InChI is InChI=1S/C13H18N2O2/c1-2-9-17-12-6-3-7-14-13(12)15-8-4-5-11(16)10-15/h3,6-7H,2,4-5,8-10H2,1H3. The quantitative estimate of drug-likeness (QED) is 0.799. The van der Waals surface area contributed by atoms with Crippen molar-refractivity contribution >= 4 is 11.6 Å². The molecule has 4 nitrogen and oxygen atoms in total. The number of rotatable bonds is 4. The van der Waals surface area contributed by atoms with Crippen LogP contribution in [0.3, 0.4) is 0 Å². The molecule has 1 aromatic rings. The van der Waals surface area contributed by atoms with Gasteiger partial charge in [-0.3, -0.25) is 4.79 Å². The maximum atomic E-state index is 11.5. The number of ketones is 1. The van der Waals surface area contributed by atoms with Gasteiger partial charge >= 0.3 is 0 Å². The maximum Gasteiger partial charge on any atom is 0.171 e. The Bertz CT molecular complexity index is 393. The molecule has 0 atom stereocenters. The highest BCUT2D eigenvalue weighted by Crippen LogP contribution is 2.27. The average Bonchev–Trinajstić information content (AvgIpc) is 2.37. The van der Waals surface area contributed by atoms with Gasteiger partial charge in [-0.05, 0) is 25.0 Å². The zero-order valence-corrected chi connectivity index (χ0v) is 10.2. The highest BCUT2D eigenvalue weighted by atomic mass is 16.5. The van der Waals surface area contributed by atoms with Crippen LogP contribution in [0.5, 0.6) is 5.75 Å². The molecule has 0 amide bonds. The monoisotopic (exact) mass is 234 g/mol. The molecule has 92 valence electrons. The Hall–Kier alpha value is -1.58. The Morgan fingerprint density at radius 3 is 3.18 bits per heavy atom. The molecule has 1 fully saturated rings. The molecular weight excluding hydrogens is 216 g/mol. The maximum absolute atomic E-state index is 11.5. The Labute approximate surface area is 102 Å². The van der Waals surface area contributed by atoms with Crippen molar-refractivity contribution in [3.05, 3.63) is 18.3 Å². The molecule has 2 rings (SSSR count). The van der Waals surface area contributed by atoms with Crippen molar-refractivity contribution in [1.29, 1.82) is 0 Å². The van der Waals surface area contributed by atoms with Gasteiger partial charge in [0.05, 0.1) is 13.2 Å². The van der Waals surface area contributed by atoms with E-state index in [2.05, 4.69) is 11.9 Å². The van der Waals surface area contributed by atoms with E-state index in [1.807, 2.05) is 17.0 Å². The number of anilines is 1. The fourth-order valence-electron chi connectivity index (χ4n) is 1.96. The van der Waals surface area contributed by atoms with Crippen molar-refractivity contribution in [3.8, 4) is 5.75 Å². The number of hydrogen-bond acceptors (Lipinski definition) is 4. The largest absolute Gasteiger partial charge is 0.490 e. The van der Waals surface area contributed by atoms with Crippen LogP contribution in [0.15, 0.2) is 18.3 Å². The fourth-order valence-corrected chi connectivity index (χ4v) is 1.96. The third kappa shape index (κ3) is 2.96. The van der Waals surface area contributed by atoms with E-state index in [1.165, 1.54) is 0 Å². The molecule has 17 heavy (non-hydrogen) atoms. The minimum absolute atomic E-state index is 0.281. The van der Waals surface area contributed by atoms with Crippen molar-refractivity contribution in [2.24, 2.45) is 0 Å². The third-order valence-electron chi connectivity index (χ3n) is 2.76. The van der Waals surface area contributed by atoms with Gasteiger partial charge in [-0.2, -0.15) is 0 Å². The summed E-state index contributed by atoms with van der Waals surface area (Å²) in [5.74, 6) is 1.86. The summed E-state index contributed by atoms with van der Waals surface area (Å²) in [6, 6.07) is 3.78. The van der Waals surface area contributed by atoms with Gasteiger partial charge in [-0.1, -0.05) is 6.92 Å². The molecule has 0 aromatic carbocycles. The number of ether oxygens (including phenoxy) is 1. The van der Waals surface area contributed by atoms with E-state index in [1.54, 1.807) is 6.20 Å². The molecule has 0 saturated carbocycles. The van der Waals surface area contributed by atoms with Crippen LogP contribution in [0.1, 0.15) is 26.2 Å². The van der Waals surface area contributed by atoms with E-state index in [0.717, 1.165) is 31.0 Å². The van der Waals surface area contributed by atoms with Crippen LogP contribution in [0.4, 0.5) is 5.82 Å². The summed E-state index contributed by atoms with van der Waals surface area (Å²) >= 11 is 0. The van der Waals surface area contributed by atoms with E-state index in [9.17, 15) is 4.79 Å². The van der Waals surface area contributed by atoms with Gasteiger partial charge in [0.2, 0.25) is 0 Å². The molecule has 1 aliphatic heterocycles. The van der Waals surface area contributed by atoms with Crippen molar-refractivity contribution in [2.45, 2.75) is 26.2 Å². The Kier molecular flexibility index (Phi) is 3.96. The highest BCUT2D eigenvalue weighted by Gasteiger charge is 2.20. The lowest BCUT2D eigenvalue weighted by atomic mass is 10.1. The molecule has 1 saturated heterocycles. The Morgan fingerprint density at radius 2 is 2.41 bits per heavy atom. The van der Waals surface area contributed by atoms with Gasteiger partial charge in [0.1, 0.15) is 0 Å². The van der Waals surface area contributed by atoms with E-state index >= 15 is 0 Å². The molecule has 0 aliphatic carbocycles. The van der Waals surface area contributed by atoms with Gasteiger partial charge < -0.3 is 9.64 Å². The van der Waals surface area contributed by atoms with Crippen molar-refractivity contribution in [3.63, 3.8) is 0 Å². The van der Waals surface area contributed by atoms with E-state index in [0.29, 0.717) is 19.6 Å². The van der Waals surface area contributed by atoms with Gasteiger partial charge in [0.25, 0.3) is 0 Å². The Balaban J connectivity index is 2.15. The summed E-state index contributed by atoms with van der Waals surface area (Å²) in [4.78, 5) is 17.8. The van der Waals surface area contributed by atoms with Gasteiger partial charge in [0.15, 0.2) is 17.4 Å². The van der Waals surface area contributed by atoms with Gasteiger partial charge in [0, 0.05) is 19.2 Å². The van der Waals surface area contributed by atoms with Crippen LogP contribution in [0, 0.1) is 0 Å². The van der Waals surface area contributed by atoms with E-state index in [-0.39, 0.29) is 5.78 Å². The first-order valence-electron chi connectivity index (χ1n) is 6.15. The third-order valence-corrected chi connectivity index (χ3v) is 2.76. The zero-order chi connectivity index (χ0) is 12.1. The topological polar surface area (TPSA) is 42.4 Å². The first kappa shape index (κ1) is 11.9. The molecule has 0 bridgehead atoms. The van der Waals surface area contributed by atoms with Crippen LogP contribution in [-0.4, -0.2) is 30.5 Å². The number of Topliss-reactive ketones (excluding diaryl/α,β-unsaturated/α-hetero) is 1. The zero-order valence-electron chi connectivity index (χ0n) is 10.2. The summed E-state index contributed by atoms with van der Waals surface area (Å²) in [5.41, 5.74) is 0. The number of piperidine rings is 1. The van der Waals surface area contributed by atoms with Crippen LogP contribution in [0.25, 0.3) is 0 Å². The lowest BCUT2D eigenvalue weighted by Crippen LogP contribution is -2.36. The predicted octanol–water partition coefficient (Wildman–Crippen LogP) is 2.04. The summed E-state index contributed by atoms with van der Waals surface area (Å²) < 4.78 is 5.66. The number of pyridine rings is 1. The van der Waals surface area contributed by atoms with Crippen LogP contribution < -0.4 is 9.64 Å². The molecule has 0 unspecified atom stereocenters. The average molecular weight is 234 g/mol. The number of carbonyl (C=O) groups is 1. The van der Waals surface area contributed by atoms with Crippen LogP contribution in [0.2, 0.25) is 0 Å². The fraction of sp³-hybridized carbons (Fsp3) is 0.538. The second-order valence-electron chi connectivity index (χ2n) is 4.24. The summed E-state index contributed by atoms with van der Waals surface area (Å²) in [6.45, 7) is 4.09. The minimum atomic E-state index is 0.281. The van der Waals surface area contributed by atoms with Gasteiger partial charge in [-0.15, -0.1) is 0 Å². The highest BCUT2D eigenvalue weighted by molar-refractivity contribution is 5.84. The molecule has 0 spiro atoms. The first-order chi connectivity index (χ1) is 8.31. The van der Waals surface area contributed by atoms with Crippen molar-refractivity contribution in [2.75, 3.05) is 24.6 Å². The summed E-state index contributed by atoms with van der Waals surface area (Å²) in [5, 5.41) is 0. The lowest BCUT2D eigenvalue weighted by Gasteiger charge is -2.28. The normalized spacial score (nSPS) is 16.1. The molecule has 0 radical (unpaired) electrons. The van der Waals surface area contributed by atoms with Crippen LogP contribution >= 0.6 is 0 Å². The molecule has 0 N–H and O–H groups in total.